The van der Waals surface area contributed by atoms with Crippen molar-refractivity contribution < 1.29 is 101 Å². The smallest absolute Gasteiger partial charge is 0.494 e. The van der Waals surface area contributed by atoms with Gasteiger partial charge in [0.2, 0.25) is 7.14 Å². The van der Waals surface area contributed by atoms with Crippen LogP contribution in [0.5, 0.6) is 11.5 Å². The number of ether oxygens (including phenoxy) is 2. The van der Waals surface area contributed by atoms with Gasteiger partial charge in [-0.05, 0) is 66.4 Å². The summed E-state index contributed by atoms with van der Waals surface area (Å²) >= 11 is -4.84. The number of halogens is 8. The van der Waals surface area contributed by atoms with Crippen LogP contribution >= 0.6 is 0 Å². The molecule has 0 amide bonds. The Morgan fingerprint density at radius 2 is 0.816 bits per heavy atom. The molecule has 0 saturated heterocycles. The van der Waals surface area contributed by atoms with Gasteiger partial charge >= 0.3 is 79.9 Å². The zero-order valence-electron chi connectivity index (χ0n) is 27.1. The second-order valence-electron chi connectivity index (χ2n) is 10.9. The van der Waals surface area contributed by atoms with E-state index in [0.717, 1.165) is 77.0 Å². The molecule has 2 aromatic carbocycles. The Morgan fingerprint density at radius 1 is 0.510 bits per heavy atom. The summed E-state index contributed by atoms with van der Waals surface area (Å²) in [6.45, 7) is 5.01. The molecular formula is C31H42F6I2O8S2+2. The first-order valence-electron chi connectivity index (χ1n) is 15.8. The topological polar surface area (TPSA) is 105 Å². The van der Waals surface area contributed by atoms with Gasteiger partial charge in [-0.1, -0.05) is 78.1 Å². The Balaban J connectivity index is 1.94. The fraction of sp³-hybridized carbons (Fsp3) is 0.613. The van der Waals surface area contributed by atoms with Crippen molar-refractivity contribution in [2.24, 2.45) is 0 Å². The van der Waals surface area contributed by atoms with E-state index in [1.165, 1.54) is 48.5 Å². The van der Waals surface area contributed by atoms with E-state index in [9.17, 15) is 43.2 Å². The molecule has 0 bridgehead atoms. The van der Waals surface area contributed by atoms with Crippen LogP contribution in [0.25, 0.3) is 0 Å². The first-order valence-corrected chi connectivity index (χ1v) is 22.5. The van der Waals surface area contributed by atoms with Crippen molar-refractivity contribution >= 4 is 20.2 Å². The van der Waals surface area contributed by atoms with Crippen molar-refractivity contribution in [1.29, 1.82) is 0 Å². The monoisotopic (exact) mass is 974 g/mol. The fourth-order valence-corrected chi connectivity index (χ4v) is 10.8. The summed E-state index contributed by atoms with van der Waals surface area (Å²) < 4.78 is 155. The average Bonchev–Trinajstić information content (AvgIpc) is 3.06. The summed E-state index contributed by atoms with van der Waals surface area (Å²) in [4.78, 5) is 0. The number of benzene rings is 2. The molecule has 0 radical (unpaired) electrons. The SMILES string of the molecule is CCCCCCCCOc1ccc([I+]OS(=O)(=O)C(F)(F)C(F)(F)C(F)(F)S(=O)(=O)O[I+]c2ccc(OCCCCCCCC)cc2)cc1. The van der Waals surface area contributed by atoms with Gasteiger partial charge in [0, 0.05) is 0 Å². The molecule has 2 aromatic rings. The van der Waals surface area contributed by atoms with E-state index in [2.05, 4.69) is 18.9 Å². The molecule has 0 unspecified atom stereocenters. The number of unbranched alkanes of at least 4 members (excludes halogenated alkanes) is 10. The predicted octanol–water partition coefficient (Wildman–Crippen LogP) is 2.73. The molecule has 0 fully saturated rings. The van der Waals surface area contributed by atoms with Crippen molar-refractivity contribution in [1.82, 2.24) is 0 Å². The lowest BCUT2D eigenvalue weighted by molar-refractivity contribution is -0.838. The molecule has 0 aliphatic carbocycles. The van der Waals surface area contributed by atoms with Crippen LogP contribution in [0.4, 0.5) is 26.3 Å². The van der Waals surface area contributed by atoms with Crippen LogP contribution in [0, 0.1) is 7.14 Å². The summed E-state index contributed by atoms with van der Waals surface area (Å²) in [5.41, 5.74) is 0. The number of alkyl halides is 6. The van der Waals surface area contributed by atoms with E-state index in [1.807, 2.05) is 0 Å². The highest BCUT2D eigenvalue weighted by Gasteiger charge is 2.84. The summed E-state index contributed by atoms with van der Waals surface area (Å²) in [5, 5.41) is -13.3. The van der Waals surface area contributed by atoms with Crippen LogP contribution in [0.2, 0.25) is 0 Å². The summed E-state index contributed by atoms with van der Waals surface area (Å²) in [7, 11) is -13.5. The lowest BCUT2D eigenvalue weighted by Gasteiger charge is -2.28. The van der Waals surface area contributed by atoms with E-state index >= 15 is 0 Å². The number of hydrogen-bond donors (Lipinski definition) is 0. The number of rotatable bonds is 26. The molecule has 2 rings (SSSR count). The summed E-state index contributed by atoms with van der Waals surface area (Å²) in [5.74, 6) is -6.21. The second-order valence-corrected chi connectivity index (χ2v) is 19.6. The number of hydrogen-bond acceptors (Lipinski definition) is 8. The zero-order chi connectivity index (χ0) is 36.6. The zero-order valence-corrected chi connectivity index (χ0v) is 33.1. The standard InChI is InChI=1S/C31H42F6I2O8S2/c1-3-5-7-9-11-13-23-44-27-19-15-25(16-20-27)38-46-48(40,41)30(34,35)29(32,33)31(36,37)49(42,43)47-39-26-17-21-28(22-18-26)45-24-14-12-10-8-6-4-2/h15-22H,3-14,23-24H2,1-2H3/q+2. The molecule has 0 heterocycles. The normalized spacial score (nSPS) is 13.1. The van der Waals surface area contributed by atoms with Crippen molar-refractivity contribution in [3.05, 3.63) is 55.7 Å². The maximum absolute atomic E-state index is 14.6. The molecular weight excluding hydrogens is 932 g/mol. The second kappa shape index (κ2) is 20.8. The Kier molecular flexibility index (Phi) is 18.7. The minimum atomic E-state index is -6.96. The lowest BCUT2D eigenvalue weighted by atomic mass is 10.1. The van der Waals surface area contributed by atoms with Crippen molar-refractivity contribution in [3.63, 3.8) is 0 Å². The van der Waals surface area contributed by atoms with Gasteiger partial charge in [-0.3, -0.25) is 0 Å². The predicted molar refractivity (Wildman–Crippen MR) is 163 cm³/mol. The van der Waals surface area contributed by atoms with E-state index in [4.69, 9.17) is 9.47 Å². The third-order valence-corrected chi connectivity index (χ3v) is 15.5. The van der Waals surface area contributed by atoms with Crippen molar-refractivity contribution in [2.75, 3.05) is 13.2 Å². The van der Waals surface area contributed by atoms with Gasteiger partial charge in [0.25, 0.3) is 0 Å². The largest absolute Gasteiger partial charge is 0.540 e. The minimum Gasteiger partial charge on any atom is -0.494 e. The average molecular weight is 975 g/mol. The van der Waals surface area contributed by atoms with Crippen LogP contribution in [0.15, 0.2) is 48.5 Å². The molecule has 0 spiro atoms. The quantitative estimate of drug-likeness (QED) is 0.0807. The third-order valence-electron chi connectivity index (χ3n) is 6.93. The van der Waals surface area contributed by atoms with Crippen LogP contribution in [0.3, 0.4) is 0 Å². The van der Waals surface area contributed by atoms with Gasteiger partial charge in [0.1, 0.15) is 11.5 Å². The first-order chi connectivity index (χ1) is 23.0. The maximum atomic E-state index is 14.6. The van der Waals surface area contributed by atoms with Gasteiger partial charge in [-0.15, -0.1) is 0 Å². The first kappa shape index (κ1) is 44.1. The molecule has 0 aromatic heterocycles. The molecule has 0 aliphatic heterocycles. The van der Waals surface area contributed by atoms with E-state index in [1.54, 1.807) is 0 Å². The lowest BCUT2D eigenvalue weighted by Crippen LogP contribution is -3.62. The molecule has 49 heavy (non-hydrogen) atoms. The molecule has 18 heteroatoms. The minimum absolute atomic E-state index is 0.0136. The molecule has 0 aliphatic rings. The summed E-state index contributed by atoms with van der Waals surface area (Å²) in [6.07, 6.45) is 12.4. The highest BCUT2D eigenvalue weighted by molar-refractivity contribution is 7.88. The van der Waals surface area contributed by atoms with E-state index < -0.39 is 79.9 Å². The highest BCUT2D eigenvalue weighted by Crippen LogP contribution is 2.50. The highest BCUT2D eigenvalue weighted by atomic mass is 127. The molecule has 280 valence electrons. The third kappa shape index (κ3) is 13.1. The van der Waals surface area contributed by atoms with Crippen LogP contribution in [-0.2, 0) is 25.3 Å². The Labute approximate surface area is 306 Å². The van der Waals surface area contributed by atoms with E-state index in [0.29, 0.717) is 24.7 Å². The Bertz CT molecular complexity index is 1350. The van der Waals surface area contributed by atoms with Crippen molar-refractivity contribution in [2.45, 2.75) is 107 Å². The van der Waals surface area contributed by atoms with E-state index in [-0.39, 0.29) is 7.14 Å². The summed E-state index contributed by atoms with van der Waals surface area (Å²) in [6, 6.07) is 10.5. The van der Waals surface area contributed by atoms with Gasteiger partial charge in [-0.25, -0.2) is 0 Å². The molecule has 0 saturated carbocycles. The van der Waals surface area contributed by atoms with Gasteiger partial charge in [-0.2, -0.15) is 43.2 Å². The fourth-order valence-electron chi connectivity index (χ4n) is 4.03. The van der Waals surface area contributed by atoms with Gasteiger partial charge in [0.05, 0.1) is 13.2 Å². The molecule has 0 N–H and O–H groups in total. The Morgan fingerprint density at radius 3 is 1.14 bits per heavy atom. The Hall–Kier alpha value is -1.10. The van der Waals surface area contributed by atoms with Crippen LogP contribution < -0.4 is 52.7 Å². The van der Waals surface area contributed by atoms with Crippen LogP contribution in [0.1, 0.15) is 90.9 Å². The maximum Gasteiger partial charge on any atom is 0.540 e. The van der Waals surface area contributed by atoms with Crippen LogP contribution in [-0.4, -0.2) is 46.5 Å². The van der Waals surface area contributed by atoms with Crippen molar-refractivity contribution in [3.8, 4) is 11.5 Å². The molecule has 8 nitrogen and oxygen atoms in total. The molecule has 0 atom stereocenters. The van der Waals surface area contributed by atoms with Gasteiger partial charge in [0.15, 0.2) is 0 Å². The van der Waals surface area contributed by atoms with Gasteiger partial charge < -0.3 is 9.47 Å².